The number of benzene rings is 1. The molecule has 3 N–H and O–H groups in total. The van der Waals surface area contributed by atoms with Crippen LogP contribution in [0.4, 0.5) is 5.69 Å². The zero-order chi connectivity index (χ0) is 14.8. The van der Waals surface area contributed by atoms with Crippen molar-refractivity contribution in [3.63, 3.8) is 0 Å². The first-order valence-electron chi connectivity index (χ1n) is 6.34. The second kappa shape index (κ2) is 5.64. The van der Waals surface area contributed by atoms with Crippen molar-refractivity contribution in [3.05, 3.63) is 41.6 Å². The molecule has 1 aromatic heterocycles. The van der Waals surface area contributed by atoms with Gasteiger partial charge in [-0.3, -0.25) is 9.40 Å². The average Bonchev–Trinajstić information content (AvgIpc) is 2.82. The number of hydrogen-bond acceptors (Lipinski definition) is 4. The standard InChI is InChI=1S/C13H18N4O2S/c1-3-17(11-7-5-4-6-8-11)20(18,19)13-12(9-14)10(2)15-16-13/h4-8H,3,9,14H2,1-2H3,(H,15,16). The smallest absolute Gasteiger partial charge is 0.283 e. The molecule has 0 fully saturated rings. The molecule has 0 atom stereocenters. The molecule has 0 radical (unpaired) electrons. The minimum Gasteiger partial charge on any atom is -0.326 e. The van der Waals surface area contributed by atoms with Crippen LogP contribution >= 0.6 is 0 Å². The topological polar surface area (TPSA) is 92.1 Å². The highest BCUT2D eigenvalue weighted by atomic mass is 32.2. The Hall–Kier alpha value is -1.86. The lowest BCUT2D eigenvalue weighted by Crippen LogP contribution is -2.32. The molecule has 6 nitrogen and oxygen atoms in total. The highest BCUT2D eigenvalue weighted by Gasteiger charge is 2.29. The lowest BCUT2D eigenvalue weighted by Gasteiger charge is -2.22. The highest BCUT2D eigenvalue weighted by Crippen LogP contribution is 2.25. The summed E-state index contributed by atoms with van der Waals surface area (Å²) in [5.74, 6) is 0. The third-order valence-corrected chi connectivity index (χ3v) is 4.98. The summed E-state index contributed by atoms with van der Waals surface area (Å²) < 4.78 is 26.8. The monoisotopic (exact) mass is 294 g/mol. The van der Waals surface area contributed by atoms with Gasteiger partial charge in [-0.1, -0.05) is 18.2 Å². The largest absolute Gasteiger partial charge is 0.326 e. The first-order valence-corrected chi connectivity index (χ1v) is 7.78. The third-order valence-electron chi connectivity index (χ3n) is 3.11. The molecule has 0 bridgehead atoms. The summed E-state index contributed by atoms with van der Waals surface area (Å²) in [5.41, 5.74) is 7.44. The molecule has 108 valence electrons. The maximum Gasteiger partial charge on any atom is 0.283 e. The van der Waals surface area contributed by atoms with Gasteiger partial charge in [0.05, 0.1) is 5.69 Å². The van der Waals surface area contributed by atoms with Crippen molar-refractivity contribution >= 4 is 15.7 Å². The second-order valence-corrected chi connectivity index (χ2v) is 6.12. The summed E-state index contributed by atoms with van der Waals surface area (Å²) >= 11 is 0. The van der Waals surface area contributed by atoms with E-state index >= 15 is 0 Å². The Morgan fingerprint density at radius 3 is 2.50 bits per heavy atom. The lowest BCUT2D eigenvalue weighted by molar-refractivity contribution is 0.586. The van der Waals surface area contributed by atoms with Gasteiger partial charge >= 0.3 is 0 Å². The Bertz CT molecular complexity index is 680. The van der Waals surface area contributed by atoms with Crippen LogP contribution < -0.4 is 10.0 Å². The van der Waals surface area contributed by atoms with E-state index in [0.717, 1.165) is 0 Å². The number of H-pyrrole nitrogens is 1. The SMILES string of the molecule is CCN(c1ccccc1)S(=O)(=O)c1n[nH]c(C)c1CN. The van der Waals surface area contributed by atoms with Crippen molar-refractivity contribution in [1.29, 1.82) is 0 Å². The van der Waals surface area contributed by atoms with Crippen molar-refractivity contribution in [2.45, 2.75) is 25.4 Å². The fourth-order valence-electron chi connectivity index (χ4n) is 2.07. The zero-order valence-corrected chi connectivity index (χ0v) is 12.3. The van der Waals surface area contributed by atoms with Gasteiger partial charge in [0.1, 0.15) is 0 Å². The van der Waals surface area contributed by atoms with E-state index in [4.69, 9.17) is 5.73 Å². The third kappa shape index (κ3) is 2.41. The predicted octanol–water partition coefficient (Wildman–Crippen LogP) is 1.39. The molecule has 0 aliphatic rings. The molecule has 0 saturated carbocycles. The summed E-state index contributed by atoms with van der Waals surface area (Å²) in [7, 11) is -3.72. The van der Waals surface area contributed by atoms with Gasteiger partial charge in [0.15, 0.2) is 0 Å². The number of aromatic amines is 1. The molecule has 1 heterocycles. The number of hydrogen-bond donors (Lipinski definition) is 2. The van der Waals surface area contributed by atoms with E-state index in [1.807, 2.05) is 6.07 Å². The molecular formula is C13H18N4O2S. The Labute approximate surface area is 118 Å². The van der Waals surface area contributed by atoms with Crippen molar-refractivity contribution in [3.8, 4) is 0 Å². The van der Waals surface area contributed by atoms with Gasteiger partial charge in [-0.2, -0.15) is 13.5 Å². The molecule has 0 saturated heterocycles. The number of rotatable bonds is 5. The molecule has 1 aromatic carbocycles. The van der Waals surface area contributed by atoms with Crippen molar-refractivity contribution in [2.75, 3.05) is 10.8 Å². The van der Waals surface area contributed by atoms with Gasteiger partial charge in [0.25, 0.3) is 10.0 Å². The van der Waals surface area contributed by atoms with E-state index in [-0.39, 0.29) is 11.6 Å². The maximum atomic E-state index is 12.7. The Morgan fingerprint density at radius 1 is 1.30 bits per heavy atom. The molecule has 0 aliphatic heterocycles. The zero-order valence-electron chi connectivity index (χ0n) is 11.5. The van der Waals surface area contributed by atoms with Crippen LogP contribution in [0.1, 0.15) is 18.2 Å². The summed E-state index contributed by atoms with van der Waals surface area (Å²) in [5, 5.41) is 6.61. The van der Waals surface area contributed by atoms with E-state index in [0.29, 0.717) is 23.5 Å². The van der Waals surface area contributed by atoms with E-state index in [1.165, 1.54) is 4.31 Å². The van der Waals surface area contributed by atoms with Crippen LogP contribution in [0, 0.1) is 6.92 Å². The molecule has 2 aromatic rings. The summed E-state index contributed by atoms with van der Waals surface area (Å²) in [6.07, 6.45) is 0. The first kappa shape index (κ1) is 14.5. The number of nitrogens with zero attached hydrogens (tertiary/aromatic N) is 2. The first-order chi connectivity index (χ1) is 9.52. The molecule has 0 aliphatic carbocycles. The van der Waals surface area contributed by atoms with Crippen LogP contribution in [0.5, 0.6) is 0 Å². The average molecular weight is 294 g/mol. The number of nitrogens with two attached hydrogens (primary N) is 1. The van der Waals surface area contributed by atoms with Crippen molar-refractivity contribution in [1.82, 2.24) is 10.2 Å². The Balaban J connectivity index is 2.53. The Kier molecular flexibility index (Phi) is 4.10. The fourth-order valence-corrected chi connectivity index (χ4v) is 3.73. The maximum absolute atomic E-state index is 12.7. The number of anilines is 1. The molecular weight excluding hydrogens is 276 g/mol. The van der Waals surface area contributed by atoms with Gasteiger partial charge in [-0.25, -0.2) is 0 Å². The van der Waals surface area contributed by atoms with Crippen LogP contribution in [0.25, 0.3) is 0 Å². The van der Waals surface area contributed by atoms with Crippen molar-refractivity contribution < 1.29 is 8.42 Å². The van der Waals surface area contributed by atoms with E-state index < -0.39 is 10.0 Å². The number of nitrogens with one attached hydrogen (secondary N) is 1. The molecule has 7 heteroatoms. The van der Waals surface area contributed by atoms with Crippen LogP contribution in [-0.2, 0) is 16.6 Å². The lowest BCUT2D eigenvalue weighted by atomic mass is 10.3. The summed E-state index contributed by atoms with van der Waals surface area (Å²) in [4.78, 5) is 0. The number of aromatic nitrogens is 2. The van der Waals surface area contributed by atoms with Gasteiger partial charge in [0, 0.05) is 24.3 Å². The minimum absolute atomic E-state index is 0.00297. The van der Waals surface area contributed by atoms with Crippen LogP contribution in [-0.4, -0.2) is 25.2 Å². The van der Waals surface area contributed by atoms with Gasteiger partial charge < -0.3 is 5.73 Å². The molecule has 2 rings (SSSR count). The summed E-state index contributed by atoms with van der Waals surface area (Å²) in [6.45, 7) is 3.99. The van der Waals surface area contributed by atoms with Crippen LogP contribution in [0.3, 0.4) is 0 Å². The predicted molar refractivity (Wildman–Crippen MR) is 77.9 cm³/mol. The number of sulfonamides is 1. The van der Waals surface area contributed by atoms with Crippen molar-refractivity contribution in [2.24, 2.45) is 5.73 Å². The number of aryl methyl sites for hydroxylation is 1. The van der Waals surface area contributed by atoms with E-state index in [9.17, 15) is 8.42 Å². The van der Waals surface area contributed by atoms with Crippen LogP contribution in [0.2, 0.25) is 0 Å². The normalized spacial score (nSPS) is 11.6. The molecule has 20 heavy (non-hydrogen) atoms. The van der Waals surface area contributed by atoms with Gasteiger partial charge in [0.2, 0.25) is 5.03 Å². The highest BCUT2D eigenvalue weighted by molar-refractivity contribution is 7.92. The van der Waals surface area contributed by atoms with Gasteiger partial charge in [-0.15, -0.1) is 0 Å². The second-order valence-electron chi connectivity index (χ2n) is 4.34. The minimum atomic E-state index is -3.72. The van der Waals surface area contributed by atoms with Gasteiger partial charge in [-0.05, 0) is 26.0 Å². The fraction of sp³-hybridized carbons (Fsp3) is 0.308. The quantitative estimate of drug-likeness (QED) is 0.871. The number of para-hydroxylation sites is 1. The van der Waals surface area contributed by atoms with Crippen LogP contribution in [0.15, 0.2) is 35.4 Å². The molecule has 0 unspecified atom stereocenters. The molecule has 0 amide bonds. The Morgan fingerprint density at radius 2 is 1.95 bits per heavy atom. The van der Waals surface area contributed by atoms with E-state index in [2.05, 4.69) is 10.2 Å². The summed E-state index contributed by atoms with van der Waals surface area (Å²) in [6, 6.07) is 8.94. The van der Waals surface area contributed by atoms with E-state index in [1.54, 1.807) is 38.1 Å². The molecule has 0 spiro atoms.